The molecule has 1 saturated heterocycles. The molecule has 3 nitrogen and oxygen atoms in total. The van der Waals surface area contributed by atoms with Gasteiger partial charge in [0.1, 0.15) is 16.2 Å². The summed E-state index contributed by atoms with van der Waals surface area (Å²) in [7, 11) is 0.635. The molecule has 0 amide bonds. The molecule has 1 aliphatic rings. The van der Waals surface area contributed by atoms with Crippen molar-refractivity contribution in [3.8, 4) is 5.75 Å². The molecule has 2 heterocycles. The fraction of sp³-hybridized carbons (Fsp3) is 0.333. The van der Waals surface area contributed by atoms with Crippen molar-refractivity contribution in [3.05, 3.63) is 35.4 Å². The van der Waals surface area contributed by atoms with Gasteiger partial charge in [0.15, 0.2) is 0 Å². The van der Waals surface area contributed by atoms with Gasteiger partial charge in [-0.3, -0.25) is 0 Å². The van der Waals surface area contributed by atoms with Crippen LogP contribution in [-0.2, 0) is 15.5 Å². The average molecular weight is 342 g/mol. The van der Waals surface area contributed by atoms with E-state index in [0.29, 0.717) is 38.4 Å². The molecule has 0 unspecified atom stereocenters. The van der Waals surface area contributed by atoms with Gasteiger partial charge in [-0.1, -0.05) is 12.6 Å². The molecule has 23 heavy (non-hydrogen) atoms. The van der Waals surface area contributed by atoms with E-state index in [0.717, 1.165) is 6.07 Å². The molecule has 0 aliphatic carbocycles. The molecule has 1 aromatic heterocycles. The van der Waals surface area contributed by atoms with Gasteiger partial charge in [0.25, 0.3) is 0 Å². The largest absolute Gasteiger partial charge is 0.564 e. The molecule has 0 saturated carbocycles. The Hall–Kier alpha value is -1.67. The van der Waals surface area contributed by atoms with Crippen molar-refractivity contribution in [1.82, 2.24) is 0 Å². The molecule has 122 valence electrons. The van der Waals surface area contributed by atoms with Gasteiger partial charge in [0.05, 0.1) is 17.6 Å². The lowest BCUT2D eigenvalue weighted by Gasteiger charge is -2.15. The molecule has 1 aromatic carbocycles. The molecule has 1 aliphatic heterocycles. The molecule has 2 aromatic rings. The van der Waals surface area contributed by atoms with Crippen LogP contribution in [0.15, 0.2) is 30.5 Å². The second-order valence-electron chi connectivity index (χ2n) is 5.71. The number of hydrogen-bond donors (Lipinski definition) is 0. The van der Waals surface area contributed by atoms with Crippen molar-refractivity contribution < 1.29 is 27.2 Å². The number of hydrogen-bond acceptors (Lipinski definition) is 4. The maximum Gasteiger partial charge on any atom is 0.564 e. The number of ether oxygens (including phenoxy) is 1. The van der Waals surface area contributed by atoms with Crippen LogP contribution < -0.4 is 10.2 Å². The Labute approximate surface area is 135 Å². The number of alkyl halides is 3. The number of methoxy groups -OCH3 is 1. The number of thiophene rings is 1. The molecule has 0 N–H and O–H groups in total. The molecule has 0 bridgehead atoms. The van der Waals surface area contributed by atoms with Crippen LogP contribution in [0.25, 0.3) is 10.1 Å². The lowest BCUT2D eigenvalue weighted by Crippen LogP contribution is -2.34. The van der Waals surface area contributed by atoms with Gasteiger partial charge in [0, 0.05) is 5.46 Å². The second kappa shape index (κ2) is 5.17. The van der Waals surface area contributed by atoms with Crippen molar-refractivity contribution in [2.75, 3.05) is 7.11 Å². The maximum atomic E-state index is 13.0. The molecule has 0 radical (unpaired) electrons. The van der Waals surface area contributed by atoms with Crippen LogP contribution in [0.3, 0.4) is 0 Å². The fourth-order valence-corrected chi connectivity index (χ4v) is 3.43. The summed E-state index contributed by atoms with van der Waals surface area (Å²) < 4.78 is 56.1. The fourth-order valence-electron chi connectivity index (χ4n) is 2.38. The summed E-state index contributed by atoms with van der Waals surface area (Å²) in [6, 6.07) is 4.39. The Kier molecular flexibility index (Phi) is 3.64. The van der Waals surface area contributed by atoms with Gasteiger partial charge in [-0.25, -0.2) is 0 Å². The Morgan fingerprint density at radius 1 is 1.30 bits per heavy atom. The van der Waals surface area contributed by atoms with Gasteiger partial charge in [0.2, 0.25) is 0 Å². The first kappa shape index (κ1) is 16.2. The van der Waals surface area contributed by atoms with Crippen molar-refractivity contribution in [3.63, 3.8) is 0 Å². The average Bonchev–Trinajstić information content (AvgIpc) is 2.99. The Balaban J connectivity index is 2.15. The van der Waals surface area contributed by atoms with Crippen LogP contribution in [0.4, 0.5) is 13.2 Å². The number of benzene rings is 1. The molecule has 3 rings (SSSR count). The van der Waals surface area contributed by atoms with Crippen LogP contribution in [0.1, 0.15) is 18.7 Å². The third kappa shape index (κ3) is 2.70. The van der Waals surface area contributed by atoms with Gasteiger partial charge >= 0.3 is 13.3 Å². The van der Waals surface area contributed by atoms with Crippen molar-refractivity contribution in [2.24, 2.45) is 0 Å². The van der Waals surface area contributed by atoms with E-state index in [1.54, 1.807) is 26.0 Å². The van der Waals surface area contributed by atoms with Crippen LogP contribution in [0.2, 0.25) is 0 Å². The quantitative estimate of drug-likeness (QED) is 0.773. The van der Waals surface area contributed by atoms with E-state index in [9.17, 15) is 13.2 Å². The Morgan fingerprint density at radius 3 is 2.52 bits per heavy atom. The Bertz CT molecular complexity index is 782. The number of rotatable bonds is 2. The standard InChI is InChI=1S/C15H14BF3O3S/c1-8-14(2,3)22-16(21-8)10-5-6-11(20-4)13-9(10)7-12(23-13)15(17,18)19/h5-7H,1H2,2-4H3. The molecule has 0 atom stereocenters. The highest BCUT2D eigenvalue weighted by Gasteiger charge is 2.44. The van der Waals surface area contributed by atoms with E-state index >= 15 is 0 Å². The highest BCUT2D eigenvalue weighted by molar-refractivity contribution is 7.19. The van der Waals surface area contributed by atoms with Crippen molar-refractivity contribution >= 4 is 34.0 Å². The first-order chi connectivity index (χ1) is 10.6. The minimum atomic E-state index is -4.41. The molecular formula is C15H14BF3O3S. The minimum absolute atomic E-state index is 0.389. The normalized spacial score (nSPS) is 17.7. The van der Waals surface area contributed by atoms with E-state index in [1.165, 1.54) is 7.11 Å². The van der Waals surface area contributed by atoms with Gasteiger partial charge in [-0.15, -0.1) is 11.3 Å². The van der Waals surface area contributed by atoms with Gasteiger partial charge in [-0.2, -0.15) is 13.2 Å². The van der Waals surface area contributed by atoms with Gasteiger partial charge < -0.3 is 14.0 Å². The SMILES string of the molecule is C=C1OB(c2ccc(OC)c3sc(C(F)(F)F)cc23)OC1(C)C. The zero-order chi connectivity index (χ0) is 17.0. The van der Waals surface area contributed by atoms with E-state index in [4.69, 9.17) is 14.0 Å². The summed E-state index contributed by atoms with van der Waals surface area (Å²) in [6.45, 7) is 7.38. The van der Waals surface area contributed by atoms with Crippen LogP contribution in [0.5, 0.6) is 5.75 Å². The van der Waals surface area contributed by atoms with Crippen LogP contribution in [0, 0.1) is 0 Å². The summed E-state index contributed by atoms with van der Waals surface area (Å²) >= 11 is 0.646. The predicted octanol–water partition coefficient (Wildman–Crippen LogP) is 3.96. The topological polar surface area (TPSA) is 27.7 Å². The van der Waals surface area contributed by atoms with Gasteiger partial charge in [-0.05, 0) is 31.4 Å². The maximum absolute atomic E-state index is 13.0. The third-order valence-electron chi connectivity index (χ3n) is 3.76. The first-order valence-corrected chi connectivity index (χ1v) is 7.66. The minimum Gasteiger partial charge on any atom is -0.534 e. The summed E-state index contributed by atoms with van der Waals surface area (Å²) in [6.07, 6.45) is -4.41. The molecule has 1 fully saturated rings. The highest BCUT2D eigenvalue weighted by atomic mass is 32.1. The summed E-state index contributed by atoms with van der Waals surface area (Å²) in [5.41, 5.74) is -0.168. The third-order valence-corrected chi connectivity index (χ3v) is 4.95. The van der Waals surface area contributed by atoms with Crippen molar-refractivity contribution in [2.45, 2.75) is 25.6 Å². The summed E-state index contributed by atoms with van der Waals surface area (Å²) in [5, 5.41) is 0.414. The molecule has 0 spiro atoms. The van der Waals surface area contributed by atoms with Crippen LogP contribution >= 0.6 is 11.3 Å². The van der Waals surface area contributed by atoms with E-state index in [-0.39, 0.29) is 0 Å². The Morgan fingerprint density at radius 2 is 2.00 bits per heavy atom. The highest BCUT2D eigenvalue weighted by Crippen LogP contribution is 2.41. The van der Waals surface area contributed by atoms with Crippen LogP contribution in [-0.4, -0.2) is 19.8 Å². The zero-order valence-corrected chi connectivity index (χ0v) is 13.6. The van der Waals surface area contributed by atoms with E-state index in [2.05, 4.69) is 6.58 Å². The summed E-state index contributed by atoms with van der Waals surface area (Å²) in [5.74, 6) is 0.832. The second-order valence-corrected chi connectivity index (χ2v) is 6.76. The smallest absolute Gasteiger partial charge is 0.534 e. The monoisotopic (exact) mass is 342 g/mol. The first-order valence-electron chi connectivity index (χ1n) is 6.85. The summed E-state index contributed by atoms with van der Waals surface area (Å²) in [4.78, 5) is -0.686. The van der Waals surface area contributed by atoms with E-state index < -0.39 is 23.8 Å². The van der Waals surface area contributed by atoms with E-state index in [1.807, 2.05) is 0 Å². The molecule has 8 heteroatoms. The lowest BCUT2D eigenvalue weighted by molar-refractivity contribution is -0.134. The zero-order valence-electron chi connectivity index (χ0n) is 12.8. The number of fused-ring (bicyclic) bond motifs is 1. The lowest BCUT2D eigenvalue weighted by atomic mass is 9.77. The van der Waals surface area contributed by atoms with Crippen molar-refractivity contribution in [1.29, 1.82) is 0 Å². The molecular weight excluding hydrogens is 328 g/mol. The predicted molar refractivity (Wildman–Crippen MR) is 84.2 cm³/mol. The number of halogens is 3.